The maximum absolute atomic E-state index is 9.72. The number of fused-ring (bicyclic) bond motifs is 2. The quantitative estimate of drug-likeness (QED) is 0.510. The Kier molecular flexibility index (Phi) is 1.02. The van der Waals surface area contributed by atoms with E-state index < -0.39 is 0 Å². The Morgan fingerprint density at radius 1 is 0.846 bits per heavy atom. The fraction of sp³-hybridized carbons (Fsp3) is 0.0909. The minimum absolute atomic E-state index is 0.336. The third-order valence-corrected chi connectivity index (χ3v) is 2.60. The van der Waals surface area contributed by atoms with E-state index in [-0.39, 0.29) is 0 Å². The number of phenols is 2. The molecule has 0 saturated carbocycles. The van der Waals surface area contributed by atoms with Crippen molar-refractivity contribution in [2.24, 2.45) is 0 Å². The summed E-state index contributed by atoms with van der Waals surface area (Å²) in [5.74, 6) is 0.673. The van der Waals surface area contributed by atoms with Gasteiger partial charge in [0.15, 0.2) is 0 Å². The highest BCUT2D eigenvalue weighted by Gasteiger charge is 2.28. The van der Waals surface area contributed by atoms with Gasteiger partial charge in [0.05, 0.1) is 0 Å². The molecule has 13 heavy (non-hydrogen) atoms. The molecule has 0 saturated heterocycles. The van der Waals surface area contributed by atoms with Crippen molar-refractivity contribution in [3.63, 3.8) is 0 Å². The Bertz CT molecular complexity index is 468. The average molecular weight is 172 g/mol. The van der Waals surface area contributed by atoms with Gasteiger partial charge < -0.3 is 10.2 Å². The predicted molar refractivity (Wildman–Crippen MR) is 50.1 cm³/mol. The number of aromatic hydroxyl groups is 2. The van der Waals surface area contributed by atoms with Crippen molar-refractivity contribution in [1.82, 2.24) is 0 Å². The van der Waals surface area contributed by atoms with Crippen LogP contribution in [0, 0.1) is 0 Å². The molecule has 3 rings (SSSR count). The summed E-state index contributed by atoms with van der Waals surface area (Å²) in [5.41, 5.74) is 1.80. The minimum atomic E-state index is 0.336. The molecule has 0 fully saturated rings. The van der Waals surface area contributed by atoms with Crippen LogP contribution >= 0.6 is 0 Å². The second-order valence-corrected chi connectivity index (χ2v) is 3.38. The molecule has 0 bridgehead atoms. The number of rotatable bonds is 0. The molecule has 0 spiro atoms. The standard InChI is InChI=1S/C11H8O2/c12-10-6-3-1-2-4-7(6)11(13)9-5-8(9)10/h1-4,12-13H,5H2. The second-order valence-electron chi connectivity index (χ2n) is 3.38. The van der Waals surface area contributed by atoms with Gasteiger partial charge >= 0.3 is 0 Å². The number of benzene rings is 2. The third kappa shape index (κ3) is 0.724. The van der Waals surface area contributed by atoms with Gasteiger partial charge in [-0.25, -0.2) is 0 Å². The van der Waals surface area contributed by atoms with Crippen molar-refractivity contribution in [3.05, 3.63) is 35.4 Å². The summed E-state index contributed by atoms with van der Waals surface area (Å²) >= 11 is 0. The van der Waals surface area contributed by atoms with Crippen LogP contribution in [0.15, 0.2) is 24.3 Å². The first-order valence-corrected chi connectivity index (χ1v) is 4.23. The zero-order valence-corrected chi connectivity index (χ0v) is 6.91. The van der Waals surface area contributed by atoms with Crippen molar-refractivity contribution in [2.45, 2.75) is 6.42 Å². The van der Waals surface area contributed by atoms with Gasteiger partial charge in [-0.1, -0.05) is 24.3 Å². The van der Waals surface area contributed by atoms with E-state index in [0.29, 0.717) is 11.5 Å². The number of phenolic OH excluding ortho intramolecular Hbond substituents is 2. The lowest BCUT2D eigenvalue weighted by Crippen LogP contribution is -1.74. The van der Waals surface area contributed by atoms with Crippen LogP contribution in [0.1, 0.15) is 11.1 Å². The molecule has 2 heteroatoms. The van der Waals surface area contributed by atoms with Gasteiger partial charge in [-0.05, 0) is 0 Å². The lowest BCUT2D eigenvalue weighted by atomic mass is 10.1. The summed E-state index contributed by atoms with van der Waals surface area (Å²) in [6, 6.07) is 7.36. The Balaban J connectivity index is 2.58. The molecule has 0 heterocycles. The Morgan fingerprint density at radius 3 is 1.77 bits per heavy atom. The highest BCUT2D eigenvalue weighted by atomic mass is 16.3. The molecule has 0 unspecified atom stereocenters. The van der Waals surface area contributed by atoms with Gasteiger partial charge in [-0.15, -0.1) is 0 Å². The Labute approximate surface area is 75.1 Å². The van der Waals surface area contributed by atoms with Crippen LogP contribution in [0.2, 0.25) is 0 Å². The molecule has 0 amide bonds. The lowest BCUT2D eigenvalue weighted by molar-refractivity contribution is 0.472. The monoisotopic (exact) mass is 172 g/mol. The van der Waals surface area contributed by atoms with Crippen LogP contribution in [-0.4, -0.2) is 10.2 Å². The number of hydrogen-bond acceptors (Lipinski definition) is 2. The van der Waals surface area contributed by atoms with E-state index in [1.165, 1.54) is 0 Å². The van der Waals surface area contributed by atoms with E-state index in [1.807, 2.05) is 24.3 Å². The van der Waals surface area contributed by atoms with Crippen molar-refractivity contribution in [3.8, 4) is 11.5 Å². The molecular formula is C11H8O2. The largest absolute Gasteiger partial charge is 0.507 e. The molecule has 2 nitrogen and oxygen atoms in total. The Morgan fingerprint density at radius 2 is 1.31 bits per heavy atom. The Hall–Kier alpha value is -1.70. The van der Waals surface area contributed by atoms with Crippen LogP contribution < -0.4 is 0 Å². The third-order valence-electron chi connectivity index (χ3n) is 2.60. The molecule has 2 N–H and O–H groups in total. The van der Waals surface area contributed by atoms with Crippen LogP contribution in [0.25, 0.3) is 10.8 Å². The van der Waals surface area contributed by atoms with E-state index in [2.05, 4.69) is 0 Å². The summed E-state index contributed by atoms with van der Waals surface area (Å²) < 4.78 is 0. The van der Waals surface area contributed by atoms with Gasteiger partial charge in [0, 0.05) is 28.3 Å². The molecule has 0 aliphatic heterocycles. The van der Waals surface area contributed by atoms with Crippen molar-refractivity contribution in [2.75, 3.05) is 0 Å². The maximum Gasteiger partial charge on any atom is 0.127 e. The molecule has 2 aromatic carbocycles. The van der Waals surface area contributed by atoms with Gasteiger partial charge in [0.1, 0.15) is 11.5 Å². The van der Waals surface area contributed by atoms with E-state index in [1.54, 1.807) is 0 Å². The van der Waals surface area contributed by atoms with Crippen molar-refractivity contribution in [1.29, 1.82) is 0 Å². The topological polar surface area (TPSA) is 40.5 Å². The zero-order chi connectivity index (χ0) is 9.00. The van der Waals surface area contributed by atoms with E-state index in [0.717, 1.165) is 28.3 Å². The van der Waals surface area contributed by atoms with Crippen molar-refractivity contribution < 1.29 is 10.2 Å². The first-order valence-electron chi connectivity index (χ1n) is 4.23. The predicted octanol–water partition coefficient (Wildman–Crippen LogP) is 2.16. The first-order chi connectivity index (χ1) is 6.29. The normalized spacial score (nSPS) is 12.9. The summed E-state index contributed by atoms with van der Waals surface area (Å²) in [5, 5.41) is 20.9. The fourth-order valence-corrected chi connectivity index (χ4v) is 1.81. The van der Waals surface area contributed by atoms with Crippen LogP contribution in [0.3, 0.4) is 0 Å². The SMILES string of the molecule is Oc1c2c(c(O)c3ccccc13)C2. The van der Waals surface area contributed by atoms with Crippen LogP contribution in [-0.2, 0) is 6.42 Å². The molecule has 0 atom stereocenters. The molecule has 1 aliphatic rings. The van der Waals surface area contributed by atoms with Gasteiger partial charge in [0.25, 0.3) is 0 Å². The number of hydrogen-bond donors (Lipinski definition) is 2. The van der Waals surface area contributed by atoms with Crippen molar-refractivity contribution >= 4 is 10.8 Å². The molecule has 2 aromatic rings. The average Bonchev–Trinajstić information content (AvgIpc) is 2.94. The second kappa shape index (κ2) is 1.96. The minimum Gasteiger partial charge on any atom is -0.507 e. The summed E-state index contributed by atoms with van der Waals surface area (Å²) in [6.07, 6.45) is 0.729. The van der Waals surface area contributed by atoms with E-state index >= 15 is 0 Å². The maximum atomic E-state index is 9.72. The van der Waals surface area contributed by atoms with Crippen LogP contribution in [0.5, 0.6) is 11.5 Å². The fourth-order valence-electron chi connectivity index (χ4n) is 1.81. The van der Waals surface area contributed by atoms with Gasteiger partial charge in [-0.2, -0.15) is 0 Å². The first kappa shape index (κ1) is 6.78. The smallest absolute Gasteiger partial charge is 0.127 e. The van der Waals surface area contributed by atoms with Gasteiger partial charge in [-0.3, -0.25) is 0 Å². The molecule has 1 aliphatic carbocycles. The highest BCUT2D eigenvalue weighted by Crippen LogP contribution is 2.48. The molecule has 64 valence electrons. The molecular weight excluding hydrogens is 164 g/mol. The summed E-state index contributed by atoms with van der Waals surface area (Å²) in [4.78, 5) is 0. The van der Waals surface area contributed by atoms with E-state index in [9.17, 15) is 10.2 Å². The highest BCUT2D eigenvalue weighted by molar-refractivity contribution is 5.98. The molecule has 0 radical (unpaired) electrons. The molecule has 0 aromatic heterocycles. The lowest BCUT2D eigenvalue weighted by Gasteiger charge is -2.01. The summed E-state index contributed by atoms with van der Waals surface area (Å²) in [7, 11) is 0. The van der Waals surface area contributed by atoms with Gasteiger partial charge in [0.2, 0.25) is 0 Å². The van der Waals surface area contributed by atoms with Crippen LogP contribution in [0.4, 0.5) is 0 Å². The van der Waals surface area contributed by atoms with E-state index in [4.69, 9.17) is 0 Å². The zero-order valence-electron chi connectivity index (χ0n) is 6.91. The summed E-state index contributed by atoms with van der Waals surface area (Å²) in [6.45, 7) is 0.